The molecule has 0 aliphatic carbocycles. The SMILES string of the molecule is CC(C)[Si](Oc1ccc2cc(Br)ccc2c1)(C(C)C)C(C)C.CC(C)[Si](Oc1ccc2cc(C#C[Si](C)(C)C)ccc2c1)(C(C)C)C(C)C. The van der Waals surface area contributed by atoms with Crippen molar-refractivity contribution in [3.8, 4) is 23.0 Å². The molecule has 0 N–H and O–H groups in total. The highest BCUT2D eigenvalue weighted by atomic mass is 79.9. The van der Waals surface area contributed by atoms with Gasteiger partial charge in [-0.3, -0.25) is 0 Å². The molecule has 0 spiro atoms. The van der Waals surface area contributed by atoms with E-state index in [9.17, 15) is 0 Å². The van der Waals surface area contributed by atoms with Crippen LogP contribution >= 0.6 is 15.9 Å². The average molecular weight is 776 g/mol. The Hall–Kier alpha value is -2.31. The number of rotatable bonds is 10. The van der Waals surface area contributed by atoms with Crippen LogP contribution in [0.2, 0.25) is 52.9 Å². The number of benzene rings is 4. The van der Waals surface area contributed by atoms with Crippen molar-refractivity contribution in [2.75, 3.05) is 0 Å². The lowest BCUT2D eigenvalue weighted by atomic mass is 10.1. The van der Waals surface area contributed by atoms with Crippen LogP contribution in [-0.4, -0.2) is 24.7 Å². The molecule has 266 valence electrons. The van der Waals surface area contributed by atoms with Crippen LogP contribution in [-0.2, 0) is 0 Å². The first kappa shape index (κ1) is 41.1. The highest BCUT2D eigenvalue weighted by Gasteiger charge is 2.48. The first-order valence-electron chi connectivity index (χ1n) is 18.4. The molecule has 4 aromatic rings. The van der Waals surface area contributed by atoms with E-state index in [1.807, 2.05) is 0 Å². The predicted octanol–water partition coefficient (Wildman–Crippen LogP) is 14.8. The normalized spacial score (nSPS) is 12.6. The Bertz CT molecular complexity index is 1710. The first-order valence-corrected chi connectivity index (χ1v) is 26.9. The molecule has 0 atom stereocenters. The summed E-state index contributed by atoms with van der Waals surface area (Å²) in [6.45, 7) is 34.8. The highest BCUT2D eigenvalue weighted by molar-refractivity contribution is 9.10. The van der Waals surface area contributed by atoms with Crippen molar-refractivity contribution in [2.24, 2.45) is 0 Å². The summed E-state index contributed by atoms with van der Waals surface area (Å²) in [7, 11) is -5.15. The Labute approximate surface area is 311 Å². The summed E-state index contributed by atoms with van der Waals surface area (Å²) in [5.74, 6) is 5.41. The molecule has 0 aliphatic rings. The molecule has 0 heterocycles. The molecule has 0 radical (unpaired) electrons. The van der Waals surface area contributed by atoms with Crippen LogP contribution in [0.25, 0.3) is 21.5 Å². The average Bonchev–Trinajstić information content (AvgIpc) is 3.00. The van der Waals surface area contributed by atoms with Crippen molar-refractivity contribution in [3.63, 3.8) is 0 Å². The van der Waals surface area contributed by atoms with Gasteiger partial charge < -0.3 is 8.85 Å². The lowest BCUT2D eigenvalue weighted by Crippen LogP contribution is -2.50. The maximum atomic E-state index is 6.83. The Kier molecular flexibility index (Phi) is 14.1. The predicted molar refractivity (Wildman–Crippen MR) is 229 cm³/mol. The van der Waals surface area contributed by atoms with Crippen molar-refractivity contribution in [1.82, 2.24) is 0 Å². The molecule has 0 amide bonds. The van der Waals surface area contributed by atoms with E-state index in [-0.39, 0.29) is 0 Å². The van der Waals surface area contributed by atoms with E-state index in [4.69, 9.17) is 8.85 Å². The van der Waals surface area contributed by atoms with E-state index in [1.165, 1.54) is 21.5 Å². The molecule has 0 saturated carbocycles. The first-order chi connectivity index (χ1) is 22.7. The summed E-state index contributed by atoms with van der Waals surface area (Å²) in [6, 6.07) is 25.9. The van der Waals surface area contributed by atoms with Gasteiger partial charge in [-0.15, -0.1) is 5.54 Å². The third-order valence-electron chi connectivity index (χ3n) is 10.2. The van der Waals surface area contributed by atoms with Gasteiger partial charge in [0.25, 0.3) is 16.6 Å². The number of fused-ring (bicyclic) bond motifs is 2. The molecule has 0 unspecified atom stereocenters. The molecule has 0 aromatic heterocycles. The minimum absolute atomic E-state index is 0.576. The second-order valence-corrected chi connectivity index (χ2v) is 33.1. The highest BCUT2D eigenvalue weighted by Crippen LogP contribution is 2.44. The third kappa shape index (κ3) is 9.94. The number of halogens is 1. The van der Waals surface area contributed by atoms with E-state index in [2.05, 4.69) is 203 Å². The zero-order valence-electron chi connectivity index (χ0n) is 33.1. The lowest BCUT2D eigenvalue weighted by Gasteiger charge is -2.42. The summed E-state index contributed by atoms with van der Waals surface area (Å²) in [4.78, 5) is 0. The van der Waals surface area contributed by atoms with Gasteiger partial charge >= 0.3 is 0 Å². The summed E-state index contributed by atoms with van der Waals surface area (Å²) in [6.07, 6.45) is 0. The van der Waals surface area contributed by atoms with Crippen LogP contribution in [0.4, 0.5) is 0 Å². The van der Waals surface area contributed by atoms with E-state index in [0.29, 0.717) is 33.2 Å². The zero-order chi connectivity index (χ0) is 36.9. The van der Waals surface area contributed by atoms with Crippen LogP contribution in [0.1, 0.15) is 88.6 Å². The van der Waals surface area contributed by atoms with Crippen molar-refractivity contribution in [1.29, 1.82) is 0 Å². The van der Waals surface area contributed by atoms with E-state index in [1.54, 1.807) is 0 Å². The molecule has 4 aromatic carbocycles. The number of hydrogen-bond donors (Lipinski definition) is 0. The largest absolute Gasteiger partial charge is 0.543 e. The van der Waals surface area contributed by atoms with Gasteiger partial charge in [-0.05, 0) is 103 Å². The quantitative estimate of drug-likeness (QED) is 0.118. The molecule has 49 heavy (non-hydrogen) atoms. The standard InChI is InChI=1S/C24H36OSi2.C19H27BrOSi/c1-18(2)27(19(3)4,20(5)6)25-24-13-12-22-16-21(10-11-23(22)17-24)14-15-26(7,8)9;1-13(2)22(14(3)4,15(5)6)21-19-10-8-16-11-18(20)9-7-17(16)12-19/h10-13,16-20H,1-9H3;7-15H,1-6H3. The summed E-state index contributed by atoms with van der Waals surface area (Å²) in [5, 5.41) is 4.94. The Morgan fingerprint density at radius 2 is 0.816 bits per heavy atom. The molecule has 2 nitrogen and oxygen atoms in total. The van der Waals surface area contributed by atoms with Gasteiger partial charge in [0.1, 0.15) is 19.6 Å². The van der Waals surface area contributed by atoms with Gasteiger partial charge in [0, 0.05) is 10.0 Å². The molecular formula is C43H63BrO2Si3. The van der Waals surface area contributed by atoms with Gasteiger partial charge in [-0.25, -0.2) is 0 Å². The van der Waals surface area contributed by atoms with Crippen molar-refractivity contribution in [3.05, 3.63) is 82.8 Å². The Morgan fingerprint density at radius 3 is 1.20 bits per heavy atom. The molecule has 6 heteroatoms. The fourth-order valence-electron chi connectivity index (χ4n) is 8.00. The Balaban J connectivity index is 0.000000271. The van der Waals surface area contributed by atoms with Gasteiger partial charge in [-0.2, -0.15) is 0 Å². The molecule has 0 aliphatic heterocycles. The van der Waals surface area contributed by atoms with E-state index >= 15 is 0 Å². The maximum Gasteiger partial charge on any atom is 0.258 e. The Morgan fingerprint density at radius 1 is 0.469 bits per heavy atom. The molecular weight excluding hydrogens is 713 g/mol. The second-order valence-electron chi connectivity index (χ2n) is 16.7. The zero-order valence-corrected chi connectivity index (χ0v) is 37.7. The lowest BCUT2D eigenvalue weighted by molar-refractivity contribution is 0.480. The summed E-state index contributed by atoms with van der Waals surface area (Å²) < 4.78 is 14.7. The van der Waals surface area contributed by atoms with Crippen LogP contribution in [0.15, 0.2) is 77.3 Å². The molecule has 0 bridgehead atoms. The molecule has 0 saturated heterocycles. The van der Waals surface area contributed by atoms with Crippen LogP contribution in [0.3, 0.4) is 0 Å². The fraction of sp³-hybridized carbons (Fsp3) is 0.488. The molecule has 0 fully saturated rings. The van der Waals surface area contributed by atoms with Gasteiger partial charge in [0.15, 0.2) is 0 Å². The summed E-state index contributed by atoms with van der Waals surface area (Å²) in [5.41, 5.74) is 8.06. The van der Waals surface area contributed by atoms with Crippen molar-refractivity contribution >= 4 is 62.2 Å². The topological polar surface area (TPSA) is 18.5 Å². The van der Waals surface area contributed by atoms with Gasteiger partial charge in [-0.1, -0.05) is 149 Å². The van der Waals surface area contributed by atoms with Gasteiger partial charge in [0.05, 0.1) is 0 Å². The van der Waals surface area contributed by atoms with Crippen LogP contribution < -0.4 is 8.85 Å². The molecule has 4 rings (SSSR count). The van der Waals surface area contributed by atoms with Gasteiger partial charge in [0.2, 0.25) is 0 Å². The van der Waals surface area contributed by atoms with Crippen molar-refractivity contribution in [2.45, 2.75) is 136 Å². The van der Waals surface area contributed by atoms with Crippen LogP contribution in [0, 0.1) is 11.5 Å². The second kappa shape index (κ2) is 16.8. The maximum absolute atomic E-state index is 6.83. The minimum Gasteiger partial charge on any atom is -0.543 e. The van der Waals surface area contributed by atoms with E-state index < -0.39 is 24.7 Å². The fourth-order valence-corrected chi connectivity index (χ4v) is 19.4. The van der Waals surface area contributed by atoms with E-state index in [0.717, 1.165) is 21.5 Å². The minimum atomic E-state index is -1.92. The smallest absolute Gasteiger partial charge is 0.258 e. The van der Waals surface area contributed by atoms with Crippen LogP contribution in [0.5, 0.6) is 11.5 Å². The number of hydrogen-bond acceptors (Lipinski definition) is 2. The third-order valence-corrected chi connectivity index (χ3v) is 23.5. The monoisotopic (exact) mass is 774 g/mol. The van der Waals surface area contributed by atoms with Crippen molar-refractivity contribution < 1.29 is 8.85 Å². The summed E-state index contributed by atoms with van der Waals surface area (Å²) >= 11 is 3.53.